The third-order valence-corrected chi connectivity index (χ3v) is 2.32. The van der Waals surface area contributed by atoms with Gasteiger partial charge in [0.05, 0.1) is 17.2 Å². The fourth-order valence-electron chi connectivity index (χ4n) is 1.25. The summed E-state index contributed by atoms with van der Waals surface area (Å²) in [6.07, 6.45) is -4.99. The van der Waals surface area contributed by atoms with Crippen LogP contribution in [0.5, 0.6) is 5.75 Å². The van der Waals surface area contributed by atoms with Gasteiger partial charge in [-0.05, 0) is 19.1 Å². The third-order valence-electron chi connectivity index (χ3n) is 1.93. The van der Waals surface area contributed by atoms with E-state index in [1.165, 1.54) is 6.92 Å². The van der Waals surface area contributed by atoms with Crippen molar-refractivity contribution in [3.8, 4) is 11.8 Å². The summed E-state index contributed by atoms with van der Waals surface area (Å²) in [5.41, 5.74) is -0.779. The van der Waals surface area contributed by atoms with Crippen molar-refractivity contribution in [3.05, 3.63) is 28.3 Å². The molecular formula is C11H7ClF3NO3. The highest BCUT2D eigenvalue weighted by Gasteiger charge is 2.34. The van der Waals surface area contributed by atoms with Crippen LogP contribution in [0.1, 0.15) is 22.8 Å². The van der Waals surface area contributed by atoms with Gasteiger partial charge < -0.3 is 9.47 Å². The zero-order chi connectivity index (χ0) is 14.6. The molecule has 4 nitrogen and oxygen atoms in total. The largest absolute Gasteiger partial charge is 0.573 e. The Hall–Kier alpha value is -1.94. The molecular weight excluding hydrogens is 287 g/mol. The Morgan fingerprint density at radius 1 is 1.47 bits per heavy atom. The van der Waals surface area contributed by atoms with Crippen molar-refractivity contribution in [1.82, 2.24) is 0 Å². The van der Waals surface area contributed by atoms with Crippen LogP contribution >= 0.6 is 11.6 Å². The quantitative estimate of drug-likeness (QED) is 0.802. The Morgan fingerprint density at radius 2 is 2.11 bits per heavy atom. The molecule has 1 aromatic carbocycles. The number of hydrogen-bond acceptors (Lipinski definition) is 4. The van der Waals surface area contributed by atoms with E-state index in [1.807, 2.05) is 0 Å². The van der Waals surface area contributed by atoms with Crippen molar-refractivity contribution in [2.45, 2.75) is 13.3 Å². The van der Waals surface area contributed by atoms with Crippen LogP contribution in [0.15, 0.2) is 12.1 Å². The lowest BCUT2D eigenvalue weighted by atomic mass is 10.1. The highest BCUT2D eigenvalue weighted by Crippen LogP contribution is 2.33. The molecule has 102 valence electrons. The molecule has 0 aliphatic rings. The molecule has 0 fully saturated rings. The molecule has 1 rings (SSSR count). The van der Waals surface area contributed by atoms with E-state index in [-0.39, 0.29) is 12.2 Å². The highest BCUT2D eigenvalue weighted by molar-refractivity contribution is 6.35. The van der Waals surface area contributed by atoms with Crippen LogP contribution in [-0.4, -0.2) is 18.9 Å². The number of alkyl halides is 3. The third kappa shape index (κ3) is 3.76. The van der Waals surface area contributed by atoms with E-state index < -0.39 is 28.7 Å². The minimum atomic E-state index is -4.99. The van der Waals surface area contributed by atoms with Crippen LogP contribution in [0.4, 0.5) is 13.2 Å². The van der Waals surface area contributed by atoms with E-state index in [4.69, 9.17) is 16.9 Å². The molecule has 0 aliphatic carbocycles. The number of nitrogens with zero attached hydrogens (tertiary/aromatic N) is 1. The number of esters is 1. The molecule has 0 N–H and O–H groups in total. The molecule has 0 heterocycles. The first-order valence-corrected chi connectivity index (χ1v) is 5.33. The van der Waals surface area contributed by atoms with Gasteiger partial charge in [-0.3, -0.25) is 0 Å². The smallest absolute Gasteiger partial charge is 0.462 e. The average Bonchev–Trinajstić information content (AvgIpc) is 2.27. The number of carbonyl (C=O) groups excluding carboxylic acids is 1. The molecule has 0 unspecified atom stereocenters. The van der Waals surface area contributed by atoms with Gasteiger partial charge in [0.25, 0.3) is 0 Å². The summed E-state index contributed by atoms with van der Waals surface area (Å²) >= 11 is 5.70. The van der Waals surface area contributed by atoms with Gasteiger partial charge in [0.1, 0.15) is 17.4 Å². The second-order valence-corrected chi connectivity index (χ2v) is 3.56. The molecule has 8 heteroatoms. The van der Waals surface area contributed by atoms with Crippen molar-refractivity contribution >= 4 is 17.6 Å². The first kappa shape index (κ1) is 15.1. The lowest BCUT2D eigenvalue weighted by molar-refractivity contribution is -0.274. The Kier molecular flexibility index (Phi) is 4.62. The fraction of sp³-hybridized carbons (Fsp3) is 0.273. The molecule has 0 radical (unpaired) electrons. The zero-order valence-electron chi connectivity index (χ0n) is 9.55. The SMILES string of the molecule is CCOC(=O)c1c(OC(F)(F)F)ccc(C#N)c1Cl. The molecule has 19 heavy (non-hydrogen) atoms. The van der Waals surface area contributed by atoms with Gasteiger partial charge in [0, 0.05) is 0 Å². The number of carbonyl (C=O) groups is 1. The number of rotatable bonds is 3. The molecule has 0 spiro atoms. The van der Waals surface area contributed by atoms with Gasteiger partial charge in [0.2, 0.25) is 0 Å². The lowest BCUT2D eigenvalue weighted by Gasteiger charge is -2.14. The van der Waals surface area contributed by atoms with E-state index in [9.17, 15) is 18.0 Å². The summed E-state index contributed by atoms with van der Waals surface area (Å²) in [5, 5.41) is 8.29. The molecule has 0 saturated heterocycles. The predicted octanol–water partition coefficient (Wildman–Crippen LogP) is 3.29. The Morgan fingerprint density at radius 3 is 2.58 bits per heavy atom. The number of benzene rings is 1. The molecule has 1 aromatic rings. The van der Waals surface area contributed by atoms with E-state index >= 15 is 0 Å². The minimum absolute atomic E-state index is 0.0581. The summed E-state index contributed by atoms with van der Waals surface area (Å²) in [7, 11) is 0. The number of nitriles is 1. The highest BCUT2D eigenvalue weighted by atomic mass is 35.5. The first-order valence-electron chi connectivity index (χ1n) is 4.95. The van der Waals surface area contributed by atoms with Crippen LogP contribution in [0.3, 0.4) is 0 Å². The normalized spacial score (nSPS) is 10.7. The topological polar surface area (TPSA) is 59.3 Å². The van der Waals surface area contributed by atoms with Crippen molar-refractivity contribution in [1.29, 1.82) is 5.26 Å². The van der Waals surface area contributed by atoms with Crippen molar-refractivity contribution in [3.63, 3.8) is 0 Å². The van der Waals surface area contributed by atoms with E-state index in [0.29, 0.717) is 0 Å². The van der Waals surface area contributed by atoms with Crippen LogP contribution in [0.2, 0.25) is 5.02 Å². The lowest BCUT2D eigenvalue weighted by Crippen LogP contribution is -2.20. The van der Waals surface area contributed by atoms with Gasteiger partial charge in [0.15, 0.2) is 0 Å². The Bertz CT molecular complexity index is 537. The summed E-state index contributed by atoms with van der Waals surface area (Å²) < 4.78 is 44.9. The maximum Gasteiger partial charge on any atom is 0.573 e. The molecule has 0 amide bonds. The second-order valence-electron chi connectivity index (χ2n) is 3.18. The molecule has 0 atom stereocenters. The Balaban J connectivity index is 3.35. The summed E-state index contributed by atoms with van der Waals surface area (Å²) in [6, 6.07) is 3.50. The Labute approximate surface area is 111 Å². The molecule has 0 aromatic heterocycles. The summed E-state index contributed by atoms with van der Waals surface area (Å²) in [5.74, 6) is -1.90. The van der Waals surface area contributed by atoms with Gasteiger partial charge in [-0.25, -0.2) is 4.79 Å². The van der Waals surface area contributed by atoms with Crippen LogP contribution < -0.4 is 4.74 Å². The van der Waals surface area contributed by atoms with Gasteiger partial charge in [-0.2, -0.15) is 5.26 Å². The maximum atomic E-state index is 12.2. The van der Waals surface area contributed by atoms with Gasteiger partial charge in [-0.15, -0.1) is 13.2 Å². The standard InChI is InChI=1S/C11H7ClF3NO3/c1-2-18-10(17)8-7(19-11(13,14)15)4-3-6(5-16)9(8)12/h3-4H,2H2,1H3. The van der Waals surface area contributed by atoms with E-state index in [0.717, 1.165) is 12.1 Å². The van der Waals surface area contributed by atoms with Crippen molar-refractivity contribution in [2.75, 3.05) is 6.61 Å². The molecule has 0 bridgehead atoms. The van der Waals surface area contributed by atoms with E-state index in [2.05, 4.69) is 9.47 Å². The van der Waals surface area contributed by atoms with E-state index in [1.54, 1.807) is 6.07 Å². The molecule has 0 saturated carbocycles. The predicted molar refractivity (Wildman–Crippen MR) is 58.8 cm³/mol. The number of ether oxygens (including phenoxy) is 2. The number of halogens is 4. The van der Waals surface area contributed by atoms with Crippen LogP contribution in [0.25, 0.3) is 0 Å². The first-order chi connectivity index (χ1) is 8.80. The minimum Gasteiger partial charge on any atom is -0.462 e. The number of hydrogen-bond donors (Lipinski definition) is 0. The average molecular weight is 294 g/mol. The monoisotopic (exact) mass is 293 g/mol. The summed E-state index contributed by atoms with van der Waals surface area (Å²) in [6.45, 7) is 1.42. The van der Waals surface area contributed by atoms with Crippen LogP contribution in [0, 0.1) is 11.3 Å². The van der Waals surface area contributed by atoms with Gasteiger partial charge >= 0.3 is 12.3 Å². The second kappa shape index (κ2) is 5.80. The van der Waals surface area contributed by atoms with Crippen LogP contribution in [-0.2, 0) is 4.74 Å². The maximum absolute atomic E-state index is 12.2. The van der Waals surface area contributed by atoms with Crippen molar-refractivity contribution < 1.29 is 27.4 Å². The zero-order valence-corrected chi connectivity index (χ0v) is 10.3. The van der Waals surface area contributed by atoms with Gasteiger partial charge in [-0.1, -0.05) is 11.6 Å². The fourth-order valence-corrected chi connectivity index (χ4v) is 1.52. The molecule has 0 aliphatic heterocycles. The summed E-state index contributed by atoms with van der Waals surface area (Å²) in [4.78, 5) is 11.6. The van der Waals surface area contributed by atoms with Crippen molar-refractivity contribution in [2.24, 2.45) is 0 Å².